The first-order chi connectivity index (χ1) is 13.8. The molecule has 162 valence electrons. The van der Waals surface area contributed by atoms with Gasteiger partial charge in [-0.25, -0.2) is 4.98 Å². The number of aromatic nitrogens is 1. The lowest BCUT2D eigenvalue weighted by Gasteiger charge is -2.45. The molecule has 1 saturated carbocycles. The summed E-state index contributed by atoms with van der Waals surface area (Å²) in [5.74, 6) is 0.537. The number of amides is 2. The van der Waals surface area contributed by atoms with Gasteiger partial charge in [0.05, 0.1) is 29.5 Å². The second kappa shape index (κ2) is 10.7. The fourth-order valence-corrected chi connectivity index (χ4v) is 4.78. The van der Waals surface area contributed by atoms with E-state index < -0.39 is 0 Å². The Morgan fingerprint density at radius 3 is 2.66 bits per heavy atom. The Balaban J connectivity index is 0.000000941. The summed E-state index contributed by atoms with van der Waals surface area (Å²) in [6, 6.07) is -0.0263. The fraction of sp³-hybridized carbons (Fsp3) is 0.700. The van der Waals surface area contributed by atoms with Crippen LogP contribution in [0.3, 0.4) is 0 Å². The van der Waals surface area contributed by atoms with E-state index in [1.807, 2.05) is 18.7 Å². The van der Waals surface area contributed by atoms with Crippen molar-refractivity contribution in [1.29, 1.82) is 0 Å². The summed E-state index contributed by atoms with van der Waals surface area (Å²) >= 11 is 1.45. The molecule has 1 saturated heterocycles. The number of carboxylic acid groups (broad SMARTS) is 1. The molecule has 2 N–H and O–H groups in total. The highest BCUT2D eigenvalue weighted by molar-refractivity contribution is 7.13. The molecule has 0 bridgehead atoms. The van der Waals surface area contributed by atoms with E-state index in [1.54, 1.807) is 0 Å². The van der Waals surface area contributed by atoms with Crippen molar-refractivity contribution in [2.75, 3.05) is 19.7 Å². The predicted molar refractivity (Wildman–Crippen MR) is 110 cm³/mol. The number of nitrogens with one attached hydrogen (secondary N) is 1. The Kier molecular flexibility index (Phi) is 8.58. The van der Waals surface area contributed by atoms with Crippen LogP contribution in [0.15, 0.2) is 0 Å². The Hall–Kier alpha value is -2.00. The number of carbonyl (C=O) groups excluding carboxylic acids is 2. The number of hydrogen-bond donors (Lipinski definition) is 2. The maximum Gasteiger partial charge on any atom is 0.290 e. The monoisotopic (exact) mass is 425 g/mol. The highest BCUT2D eigenvalue weighted by atomic mass is 32.1. The van der Waals surface area contributed by atoms with Crippen LogP contribution in [0.25, 0.3) is 0 Å². The lowest BCUT2D eigenvalue weighted by atomic mass is 9.81. The van der Waals surface area contributed by atoms with Crippen molar-refractivity contribution >= 4 is 29.6 Å². The zero-order chi connectivity index (χ0) is 21.6. The van der Waals surface area contributed by atoms with E-state index in [0.29, 0.717) is 32.0 Å². The van der Waals surface area contributed by atoms with Gasteiger partial charge in [0, 0.05) is 19.0 Å². The summed E-state index contributed by atoms with van der Waals surface area (Å²) in [5.41, 5.74) is 0.794. The Labute approximate surface area is 175 Å². The third-order valence-electron chi connectivity index (χ3n) is 5.23. The van der Waals surface area contributed by atoms with E-state index >= 15 is 0 Å². The molecule has 29 heavy (non-hydrogen) atoms. The molecule has 1 aromatic heterocycles. The average Bonchev–Trinajstić information content (AvgIpc) is 3.03. The van der Waals surface area contributed by atoms with Gasteiger partial charge in [0.1, 0.15) is 4.88 Å². The first kappa shape index (κ1) is 23.3. The smallest absolute Gasteiger partial charge is 0.290 e. The number of hydrogen-bond acceptors (Lipinski definition) is 6. The molecule has 3 atom stereocenters. The van der Waals surface area contributed by atoms with Crippen LogP contribution in [0.4, 0.5) is 0 Å². The van der Waals surface area contributed by atoms with Crippen molar-refractivity contribution in [2.24, 2.45) is 11.8 Å². The molecule has 1 aliphatic carbocycles. The third-order valence-corrected chi connectivity index (χ3v) is 6.29. The van der Waals surface area contributed by atoms with Crippen LogP contribution in [0, 0.1) is 25.7 Å². The lowest BCUT2D eigenvalue weighted by Crippen LogP contribution is -2.57. The second-order valence-corrected chi connectivity index (χ2v) is 9.08. The number of aryl methyl sites for hydroxylation is 2. The summed E-state index contributed by atoms with van der Waals surface area (Å²) in [4.78, 5) is 41.0. The van der Waals surface area contributed by atoms with Crippen LogP contribution < -0.4 is 5.32 Å². The van der Waals surface area contributed by atoms with Crippen molar-refractivity contribution in [3.05, 3.63) is 15.6 Å². The summed E-state index contributed by atoms with van der Waals surface area (Å²) < 4.78 is 5.92. The molecule has 1 aromatic rings. The molecular formula is C20H31N3O5S. The molecule has 2 aliphatic rings. The van der Waals surface area contributed by atoms with Crippen molar-refractivity contribution in [2.45, 2.75) is 59.1 Å². The van der Waals surface area contributed by atoms with Crippen LogP contribution in [0.5, 0.6) is 0 Å². The van der Waals surface area contributed by atoms with Gasteiger partial charge in [0.2, 0.25) is 5.91 Å². The number of rotatable bonds is 4. The van der Waals surface area contributed by atoms with E-state index in [2.05, 4.69) is 24.1 Å². The maximum absolute atomic E-state index is 13.1. The Bertz CT molecular complexity index is 721. The topological polar surface area (TPSA) is 109 Å². The molecule has 1 aliphatic heterocycles. The first-order valence-corrected chi connectivity index (χ1v) is 10.8. The van der Waals surface area contributed by atoms with Gasteiger partial charge in [-0.3, -0.25) is 14.4 Å². The van der Waals surface area contributed by atoms with Crippen LogP contribution in [0.2, 0.25) is 0 Å². The number of carbonyl (C=O) groups is 3. The SMILES string of the molecule is Cc1nc(C)c(C(=O)N2CCO[C@@H]3CC[C@H](C(=O)NCC(C)C)C[C@H]32)s1.O=CO. The normalized spacial score (nSPS) is 23.6. The minimum Gasteiger partial charge on any atom is -0.483 e. The highest BCUT2D eigenvalue weighted by Gasteiger charge is 2.42. The van der Waals surface area contributed by atoms with Crippen LogP contribution in [-0.4, -0.2) is 65.1 Å². The molecule has 0 radical (unpaired) electrons. The molecule has 2 amide bonds. The zero-order valence-corrected chi connectivity index (χ0v) is 18.3. The van der Waals surface area contributed by atoms with Crippen LogP contribution in [-0.2, 0) is 14.3 Å². The zero-order valence-electron chi connectivity index (χ0n) is 17.5. The van der Waals surface area contributed by atoms with Crippen LogP contribution in [0.1, 0.15) is 53.5 Å². The molecule has 3 rings (SSSR count). The summed E-state index contributed by atoms with van der Waals surface area (Å²) in [6.07, 6.45) is 2.37. The highest BCUT2D eigenvalue weighted by Crippen LogP contribution is 2.34. The molecule has 0 unspecified atom stereocenters. The van der Waals surface area contributed by atoms with E-state index in [0.717, 1.165) is 28.4 Å². The van der Waals surface area contributed by atoms with E-state index in [1.165, 1.54) is 11.3 Å². The second-order valence-electron chi connectivity index (χ2n) is 7.88. The van der Waals surface area contributed by atoms with E-state index in [9.17, 15) is 9.59 Å². The number of thiazole rings is 1. The summed E-state index contributed by atoms with van der Waals surface area (Å²) in [5, 5.41) is 10.8. The van der Waals surface area contributed by atoms with Gasteiger partial charge in [-0.15, -0.1) is 11.3 Å². The average molecular weight is 426 g/mol. The predicted octanol–water partition coefficient (Wildman–Crippen LogP) is 2.24. The van der Waals surface area contributed by atoms with Gasteiger partial charge in [0.25, 0.3) is 12.4 Å². The minimum absolute atomic E-state index is 0.0263. The molecule has 2 fully saturated rings. The van der Waals surface area contributed by atoms with Gasteiger partial charge in [-0.05, 0) is 39.0 Å². The Morgan fingerprint density at radius 1 is 1.38 bits per heavy atom. The standard InChI is InChI=1S/C19H29N3O3S.CH2O2/c1-11(2)10-20-18(23)14-5-6-16-15(9-14)22(7-8-25-16)19(24)17-12(3)21-13(4)26-17;2-1-3/h11,14-16H,5-10H2,1-4H3,(H,20,23);1H,(H,2,3)/t14-,15+,16+;/m0./s1. The molecule has 0 spiro atoms. The van der Waals surface area contributed by atoms with Gasteiger partial charge < -0.3 is 20.1 Å². The number of fused-ring (bicyclic) bond motifs is 1. The van der Waals surface area contributed by atoms with Crippen molar-refractivity contribution < 1.29 is 24.2 Å². The molecule has 8 nitrogen and oxygen atoms in total. The summed E-state index contributed by atoms with van der Waals surface area (Å²) in [7, 11) is 0. The van der Waals surface area contributed by atoms with Crippen LogP contribution >= 0.6 is 11.3 Å². The molecular weight excluding hydrogens is 394 g/mol. The first-order valence-electron chi connectivity index (χ1n) is 10.0. The van der Waals surface area contributed by atoms with Crippen molar-refractivity contribution in [1.82, 2.24) is 15.2 Å². The third kappa shape index (κ3) is 5.99. The van der Waals surface area contributed by atoms with Gasteiger partial charge in [-0.2, -0.15) is 0 Å². The largest absolute Gasteiger partial charge is 0.483 e. The molecule has 9 heteroatoms. The van der Waals surface area contributed by atoms with Gasteiger partial charge in [-0.1, -0.05) is 13.8 Å². The quantitative estimate of drug-likeness (QED) is 0.716. The van der Waals surface area contributed by atoms with E-state index in [4.69, 9.17) is 14.6 Å². The molecule has 0 aromatic carbocycles. The molecule has 2 heterocycles. The maximum atomic E-state index is 13.1. The number of ether oxygens (including phenoxy) is 1. The fourth-order valence-electron chi connectivity index (χ4n) is 3.91. The van der Waals surface area contributed by atoms with Crippen molar-refractivity contribution in [3.63, 3.8) is 0 Å². The minimum atomic E-state index is -0.250. The van der Waals surface area contributed by atoms with Gasteiger partial charge >= 0.3 is 0 Å². The van der Waals surface area contributed by atoms with E-state index in [-0.39, 0.29) is 36.4 Å². The Morgan fingerprint density at radius 2 is 2.07 bits per heavy atom. The lowest BCUT2D eigenvalue weighted by molar-refractivity contribution is -0.131. The van der Waals surface area contributed by atoms with Gasteiger partial charge in [0.15, 0.2) is 0 Å². The number of nitrogens with zero attached hydrogens (tertiary/aromatic N) is 2. The van der Waals surface area contributed by atoms with Crippen molar-refractivity contribution in [3.8, 4) is 0 Å². The summed E-state index contributed by atoms with van der Waals surface area (Å²) in [6.45, 7) is 9.58. The number of morpholine rings is 1.